The third kappa shape index (κ3) is 3.47. The van der Waals surface area contributed by atoms with Crippen molar-refractivity contribution in [1.29, 1.82) is 0 Å². The number of carbonyl (C=O) groups is 1. The van der Waals surface area contributed by atoms with E-state index in [-0.39, 0.29) is 12.1 Å². The van der Waals surface area contributed by atoms with E-state index in [0.29, 0.717) is 0 Å². The molecule has 6 nitrogen and oxygen atoms in total. The van der Waals surface area contributed by atoms with Gasteiger partial charge in [0.15, 0.2) is 0 Å². The van der Waals surface area contributed by atoms with Gasteiger partial charge in [-0.3, -0.25) is 9.67 Å². The first kappa shape index (κ1) is 17.0. The fourth-order valence-electron chi connectivity index (χ4n) is 3.23. The Morgan fingerprint density at radius 1 is 1.28 bits per heavy atom. The van der Waals surface area contributed by atoms with E-state index in [1.165, 1.54) is 0 Å². The molecule has 0 saturated carbocycles. The van der Waals surface area contributed by atoms with Gasteiger partial charge in [0.1, 0.15) is 0 Å². The van der Waals surface area contributed by atoms with Crippen molar-refractivity contribution in [3.63, 3.8) is 0 Å². The zero-order valence-electron chi connectivity index (χ0n) is 15.0. The lowest BCUT2D eigenvalue weighted by Gasteiger charge is -2.16. The molecule has 3 aromatic rings. The van der Waals surface area contributed by atoms with E-state index in [1.54, 1.807) is 6.20 Å². The molecule has 1 atom stereocenters. The number of aromatic nitrogens is 3. The largest absolute Gasteiger partial charge is 0.331 e. The fourth-order valence-corrected chi connectivity index (χ4v) is 3.23. The second-order valence-electron chi connectivity index (χ2n) is 6.13. The number of pyridine rings is 1. The van der Waals surface area contributed by atoms with Crippen molar-refractivity contribution in [3.05, 3.63) is 53.5 Å². The minimum Gasteiger partial charge on any atom is -0.331 e. The first-order valence-electron chi connectivity index (χ1n) is 8.45. The van der Waals surface area contributed by atoms with Crippen molar-refractivity contribution in [3.8, 4) is 0 Å². The molecule has 2 amide bonds. The van der Waals surface area contributed by atoms with Gasteiger partial charge in [0, 0.05) is 35.1 Å². The molecule has 1 aromatic carbocycles. The molecule has 0 aliphatic carbocycles. The molecular formula is C19H23N5O. The molecule has 2 aromatic heterocycles. The number of carbonyl (C=O) groups excluding carboxylic acids is 1. The summed E-state index contributed by atoms with van der Waals surface area (Å²) in [5.41, 5.74) is 4.75. The maximum atomic E-state index is 12.4. The number of hydrogen-bond donors (Lipinski definition) is 2. The summed E-state index contributed by atoms with van der Waals surface area (Å²) in [6.45, 7) is 8.85. The second-order valence-corrected chi connectivity index (χ2v) is 6.13. The standard InChI is InChI=1S/C19H23N5O/c1-5-24-14(4)18(13(3)23-24)12(2)21-19(25)22-16-8-9-17-15(11-16)7-6-10-20-17/h6-12H,5H2,1-4H3,(H2,21,22,25). The zero-order chi connectivity index (χ0) is 18.0. The van der Waals surface area contributed by atoms with Crippen LogP contribution < -0.4 is 10.6 Å². The summed E-state index contributed by atoms with van der Waals surface area (Å²) in [4.78, 5) is 16.6. The first-order chi connectivity index (χ1) is 12.0. The molecule has 2 heterocycles. The summed E-state index contributed by atoms with van der Waals surface area (Å²) < 4.78 is 1.96. The minimum atomic E-state index is -0.237. The smallest absolute Gasteiger partial charge is 0.319 e. The molecule has 2 N–H and O–H groups in total. The Labute approximate surface area is 147 Å². The average molecular weight is 337 g/mol. The Hall–Kier alpha value is -2.89. The van der Waals surface area contributed by atoms with Crippen LogP contribution in [-0.4, -0.2) is 20.8 Å². The fraction of sp³-hybridized carbons (Fsp3) is 0.316. The van der Waals surface area contributed by atoms with Crippen LogP contribution in [0, 0.1) is 13.8 Å². The Bertz CT molecular complexity index is 915. The molecule has 0 spiro atoms. The van der Waals surface area contributed by atoms with Crippen LogP contribution in [0.2, 0.25) is 0 Å². The lowest BCUT2D eigenvalue weighted by molar-refractivity contribution is 0.249. The summed E-state index contributed by atoms with van der Waals surface area (Å²) in [6, 6.07) is 9.16. The highest BCUT2D eigenvalue weighted by molar-refractivity contribution is 5.92. The molecule has 0 saturated heterocycles. The van der Waals surface area contributed by atoms with Crippen molar-refractivity contribution in [2.24, 2.45) is 0 Å². The molecule has 0 fully saturated rings. The molecule has 0 bridgehead atoms. The van der Waals surface area contributed by atoms with E-state index in [2.05, 4.69) is 27.6 Å². The molecule has 3 rings (SSSR count). The van der Waals surface area contributed by atoms with Crippen molar-refractivity contribution in [2.45, 2.75) is 40.3 Å². The van der Waals surface area contributed by atoms with Gasteiger partial charge in [-0.25, -0.2) is 4.79 Å². The van der Waals surface area contributed by atoms with Crippen LogP contribution in [0.25, 0.3) is 10.9 Å². The second kappa shape index (κ2) is 6.93. The molecule has 0 radical (unpaired) electrons. The number of nitrogens with zero attached hydrogens (tertiary/aromatic N) is 3. The summed E-state index contributed by atoms with van der Waals surface area (Å²) in [5.74, 6) is 0. The topological polar surface area (TPSA) is 71.8 Å². The van der Waals surface area contributed by atoms with E-state index >= 15 is 0 Å². The molecule has 25 heavy (non-hydrogen) atoms. The minimum absolute atomic E-state index is 0.123. The highest BCUT2D eigenvalue weighted by atomic mass is 16.2. The zero-order valence-corrected chi connectivity index (χ0v) is 15.0. The monoisotopic (exact) mass is 337 g/mol. The van der Waals surface area contributed by atoms with E-state index < -0.39 is 0 Å². The van der Waals surface area contributed by atoms with Crippen molar-refractivity contribution >= 4 is 22.6 Å². The maximum absolute atomic E-state index is 12.4. The van der Waals surface area contributed by atoms with Gasteiger partial charge >= 0.3 is 6.03 Å². The number of nitrogens with one attached hydrogen (secondary N) is 2. The highest BCUT2D eigenvalue weighted by Gasteiger charge is 2.18. The predicted molar refractivity (Wildman–Crippen MR) is 99.7 cm³/mol. The Balaban J connectivity index is 1.72. The number of rotatable bonds is 4. The van der Waals surface area contributed by atoms with Crippen molar-refractivity contribution in [1.82, 2.24) is 20.1 Å². The highest BCUT2D eigenvalue weighted by Crippen LogP contribution is 2.22. The van der Waals surface area contributed by atoms with Gasteiger partial charge in [0.05, 0.1) is 17.3 Å². The van der Waals surface area contributed by atoms with E-state index in [4.69, 9.17) is 0 Å². The number of urea groups is 1. The normalized spacial score (nSPS) is 12.2. The third-order valence-corrected chi connectivity index (χ3v) is 4.38. The Kier molecular flexibility index (Phi) is 4.70. The molecular weight excluding hydrogens is 314 g/mol. The van der Waals surface area contributed by atoms with E-state index in [0.717, 1.165) is 40.1 Å². The Morgan fingerprint density at radius 2 is 2.08 bits per heavy atom. The Morgan fingerprint density at radius 3 is 2.80 bits per heavy atom. The summed E-state index contributed by atoms with van der Waals surface area (Å²) >= 11 is 0. The van der Waals surface area contributed by atoms with Crippen molar-refractivity contribution < 1.29 is 4.79 Å². The lowest BCUT2D eigenvalue weighted by Crippen LogP contribution is -2.31. The van der Waals surface area contributed by atoms with Crippen LogP contribution in [0.15, 0.2) is 36.5 Å². The van der Waals surface area contributed by atoms with Crippen LogP contribution in [0.3, 0.4) is 0 Å². The molecule has 0 aliphatic heterocycles. The molecule has 130 valence electrons. The van der Waals surface area contributed by atoms with Crippen molar-refractivity contribution in [2.75, 3.05) is 5.32 Å². The molecule has 0 aliphatic rings. The van der Waals surface area contributed by atoms with Gasteiger partial charge in [0.2, 0.25) is 0 Å². The number of amides is 2. The van der Waals surface area contributed by atoms with Crippen LogP contribution in [0.4, 0.5) is 10.5 Å². The number of anilines is 1. The number of aryl methyl sites for hydroxylation is 2. The van der Waals surface area contributed by atoms with Gasteiger partial charge in [-0.1, -0.05) is 6.07 Å². The van der Waals surface area contributed by atoms with E-state index in [9.17, 15) is 4.79 Å². The first-order valence-corrected chi connectivity index (χ1v) is 8.45. The predicted octanol–water partition coefficient (Wildman–Crippen LogP) is 3.95. The van der Waals surface area contributed by atoms with Gasteiger partial charge in [-0.05, 0) is 52.0 Å². The van der Waals surface area contributed by atoms with Crippen LogP contribution >= 0.6 is 0 Å². The third-order valence-electron chi connectivity index (χ3n) is 4.38. The summed E-state index contributed by atoms with van der Waals surface area (Å²) in [7, 11) is 0. The summed E-state index contributed by atoms with van der Waals surface area (Å²) in [5, 5.41) is 11.4. The molecule has 6 heteroatoms. The van der Waals surface area contributed by atoms with Crippen LogP contribution in [0.5, 0.6) is 0 Å². The van der Waals surface area contributed by atoms with Gasteiger partial charge in [-0.15, -0.1) is 0 Å². The number of fused-ring (bicyclic) bond motifs is 1. The quantitative estimate of drug-likeness (QED) is 0.757. The SMILES string of the molecule is CCn1nc(C)c(C(C)NC(=O)Nc2ccc3ncccc3c2)c1C. The summed E-state index contributed by atoms with van der Waals surface area (Å²) in [6.07, 6.45) is 1.75. The van der Waals surface area contributed by atoms with Gasteiger partial charge in [-0.2, -0.15) is 5.10 Å². The molecule has 1 unspecified atom stereocenters. The number of hydrogen-bond acceptors (Lipinski definition) is 3. The lowest BCUT2D eigenvalue weighted by atomic mass is 10.1. The number of benzene rings is 1. The van der Waals surface area contributed by atoms with E-state index in [1.807, 2.05) is 55.8 Å². The van der Waals surface area contributed by atoms with Gasteiger partial charge < -0.3 is 10.6 Å². The maximum Gasteiger partial charge on any atom is 0.319 e. The van der Waals surface area contributed by atoms with Gasteiger partial charge in [0.25, 0.3) is 0 Å². The van der Waals surface area contributed by atoms with Crippen LogP contribution in [-0.2, 0) is 6.54 Å². The van der Waals surface area contributed by atoms with Crippen LogP contribution in [0.1, 0.15) is 36.8 Å². The average Bonchev–Trinajstić information content (AvgIpc) is 2.88.